The second-order valence-electron chi connectivity index (χ2n) is 3.35. The number of nitrogens with zero attached hydrogens (tertiary/aromatic N) is 2. The Kier molecular flexibility index (Phi) is 2.74. The normalized spacial score (nSPS) is 11.7. The first-order valence-electron chi connectivity index (χ1n) is 4.63. The third-order valence-corrected chi connectivity index (χ3v) is 1.92. The molecule has 0 radical (unpaired) electrons. The van der Waals surface area contributed by atoms with Crippen molar-refractivity contribution in [2.45, 2.75) is 12.6 Å². The van der Waals surface area contributed by atoms with Crippen molar-refractivity contribution in [3.05, 3.63) is 30.2 Å². The molecule has 1 aromatic carbocycles. The Bertz CT molecular complexity index is 522. The molecule has 0 amide bonds. The molecular weight excluding hydrogens is 237 g/mol. The quantitative estimate of drug-likeness (QED) is 0.881. The summed E-state index contributed by atoms with van der Waals surface area (Å²) in [4.78, 5) is 3.60. The maximum Gasteiger partial charge on any atom is 0.397 e. The molecule has 1 heterocycles. The summed E-state index contributed by atoms with van der Waals surface area (Å²) in [5.41, 5.74) is 0.391. The predicted molar refractivity (Wildman–Crippen MR) is 51.2 cm³/mol. The van der Waals surface area contributed by atoms with E-state index in [0.717, 1.165) is 0 Å². The van der Waals surface area contributed by atoms with Gasteiger partial charge in [0.25, 0.3) is 0 Å². The molecule has 0 fully saturated rings. The van der Waals surface area contributed by atoms with Gasteiger partial charge in [0.1, 0.15) is 12.2 Å². The van der Waals surface area contributed by atoms with Crippen molar-refractivity contribution in [2.75, 3.05) is 0 Å². The van der Waals surface area contributed by atoms with Crippen LogP contribution >= 0.6 is 0 Å². The lowest BCUT2D eigenvalue weighted by Gasteiger charge is -1.99. The number of benzene rings is 1. The molecule has 90 valence electrons. The van der Waals surface area contributed by atoms with Crippen LogP contribution < -0.4 is 0 Å². The summed E-state index contributed by atoms with van der Waals surface area (Å²) in [6.07, 6.45) is -5.65. The van der Waals surface area contributed by atoms with Crippen LogP contribution in [-0.2, 0) is 6.42 Å². The monoisotopic (exact) mass is 244 g/mol. The number of aromatic nitrogens is 2. The Balaban J connectivity index is 2.24. The van der Waals surface area contributed by atoms with Crippen LogP contribution in [-0.4, -0.2) is 21.4 Å². The SMILES string of the molecule is Oc1cccc(-c2noc(CC(F)(F)F)n2)c1. The summed E-state index contributed by atoms with van der Waals surface area (Å²) in [7, 11) is 0. The van der Waals surface area contributed by atoms with Crippen LogP contribution in [0.3, 0.4) is 0 Å². The molecule has 0 aliphatic rings. The van der Waals surface area contributed by atoms with Gasteiger partial charge in [-0.3, -0.25) is 0 Å². The lowest BCUT2D eigenvalue weighted by atomic mass is 10.2. The zero-order valence-electron chi connectivity index (χ0n) is 8.40. The second kappa shape index (κ2) is 4.08. The minimum atomic E-state index is -4.39. The molecule has 0 saturated carbocycles. The van der Waals surface area contributed by atoms with Gasteiger partial charge in [-0.15, -0.1) is 0 Å². The topological polar surface area (TPSA) is 59.2 Å². The van der Waals surface area contributed by atoms with Crippen molar-refractivity contribution in [3.63, 3.8) is 0 Å². The van der Waals surface area contributed by atoms with Crippen molar-refractivity contribution in [1.29, 1.82) is 0 Å². The van der Waals surface area contributed by atoms with E-state index in [-0.39, 0.29) is 11.6 Å². The van der Waals surface area contributed by atoms with E-state index >= 15 is 0 Å². The number of aromatic hydroxyl groups is 1. The Morgan fingerprint density at radius 1 is 1.29 bits per heavy atom. The van der Waals surface area contributed by atoms with Crippen LogP contribution in [0.1, 0.15) is 5.89 Å². The minimum absolute atomic E-state index is 0.0140. The summed E-state index contributed by atoms with van der Waals surface area (Å²) < 4.78 is 40.6. The number of halogens is 3. The first-order valence-corrected chi connectivity index (χ1v) is 4.63. The Morgan fingerprint density at radius 3 is 2.71 bits per heavy atom. The molecule has 0 atom stereocenters. The molecule has 0 unspecified atom stereocenters. The van der Waals surface area contributed by atoms with Gasteiger partial charge in [0.2, 0.25) is 11.7 Å². The van der Waals surface area contributed by atoms with E-state index < -0.39 is 18.5 Å². The van der Waals surface area contributed by atoms with Crippen LogP contribution in [0.4, 0.5) is 13.2 Å². The second-order valence-corrected chi connectivity index (χ2v) is 3.35. The molecule has 4 nitrogen and oxygen atoms in total. The van der Waals surface area contributed by atoms with Crippen LogP contribution in [0.2, 0.25) is 0 Å². The summed E-state index contributed by atoms with van der Waals surface area (Å²) in [5.74, 6) is -0.513. The maximum atomic E-state index is 12.0. The fraction of sp³-hybridized carbons (Fsp3) is 0.200. The molecule has 0 spiro atoms. The van der Waals surface area contributed by atoms with Crippen LogP contribution in [0, 0.1) is 0 Å². The Labute approximate surface area is 93.7 Å². The fourth-order valence-corrected chi connectivity index (χ4v) is 1.26. The van der Waals surface area contributed by atoms with Crippen LogP contribution in [0.5, 0.6) is 5.75 Å². The lowest BCUT2D eigenvalue weighted by molar-refractivity contribution is -0.131. The predicted octanol–water partition coefficient (Wildman–Crippen LogP) is 2.55. The van der Waals surface area contributed by atoms with E-state index in [4.69, 9.17) is 0 Å². The van der Waals surface area contributed by atoms with Gasteiger partial charge in [0.05, 0.1) is 0 Å². The highest BCUT2D eigenvalue weighted by Gasteiger charge is 2.31. The molecule has 0 bridgehead atoms. The number of alkyl halides is 3. The van der Waals surface area contributed by atoms with Crippen molar-refractivity contribution in [2.24, 2.45) is 0 Å². The van der Waals surface area contributed by atoms with Crippen LogP contribution in [0.15, 0.2) is 28.8 Å². The molecular formula is C10H7F3N2O2. The van der Waals surface area contributed by atoms with Crippen LogP contribution in [0.25, 0.3) is 11.4 Å². The largest absolute Gasteiger partial charge is 0.508 e. The number of rotatable bonds is 2. The summed E-state index contributed by atoms with van der Waals surface area (Å²) in [5, 5.41) is 12.6. The molecule has 17 heavy (non-hydrogen) atoms. The summed E-state index contributed by atoms with van der Waals surface area (Å²) in [6, 6.07) is 5.86. The molecule has 7 heteroatoms. The number of phenolic OH excluding ortho intramolecular Hbond substituents is 1. The zero-order chi connectivity index (χ0) is 12.5. The van der Waals surface area contributed by atoms with Crippen molar-refractivity contribution >= 4 is 0 Å². The first-order chi connectivity index (χ1) is 7.94. The standard InChI is InChI=1S/C10H7F3N2O2/c11-10(12,13)5-8-14-9(15-17-8)6-2-1-3-7(16)4-6/h1-4,16H,5H2. The van der Waals surface area contributed by atoms with Crippen molar-refractivity contribution in [3.8, 4) is 17.1 Å². The molecule has 0 saturated heterocycles. The summed E-state index contributed by atoms with van der Waals surface area (Å²) in [6.45, 7) is 0. The third kappa shape index (κ3) is 2.96. The lowest BCUT2D eigenvalue weighted by Crippen LogP contribution is -2.11. The minimum Gasteiger partial charge on any atom is -0.508 e. The van der Waals surface area contributed by atoms with Crippen molar-refractivity contribution in [1.82, 2.24) is 10.1 Å². The van der Waals surface area contributed by atoms with Gasteiger partial charge in [-0.1, -0.05) is 17.3 Å². The smallest absolute Gasteiger partial charge is 0.397 e. The molecule has 2 rings (SSSR count). The molecule has 1 N–H and O–H groups in total. The van der Waals surface area contributed by atoms with Gasteiger partial charge < -0.3 is 9.63 Å². The third-order valence-electron chi connectivity index (χ3n) is 1.92. The molecule has 0 aliphatic carbocycles. The Hall–Kier alpha value is -2.05. The van der Waals surface area contributed by atoms with E-state index in [2.05, 4.69) is 14.7 Å². The van der Waals surface area contributed by atoms with Gasteiger partial charge in [0, 0.05) is 5.56 Å². The highest BCUT2D eigenvalue weighted by atomic mass is 19.4. The first kappa shape index (κ1) is 11.4. The molecule has 1 aromatic heterocycles. The van der Waals surface area contributed by atoms with E-state index in [0.29, 0.717) is 5.56 Å². The van der Waals surface area contributed by atoms with E-state index in [1.54, 1.807) is 6.07 Å². The highest BCUT2D eigenvalue weighted by molar-refractivity contribution is 5.56. The number of phenols is 1. The Morgan fingerprint density at radius 2 is 2.06 bits per heavy atom. The molecule has 0 aliphatic heterocycles. The van der Waals surface area contributed by atoms with Crippen molar-refractivity contribution < 1.29 is 22.8 Å². The van der Waals surface area contributed by atoms with Gasteiger partial charge in [-0.2, -0.15) is 18.2 Å². The zero-order valence-corrected chi connectivity index (χ0v) is 8.40. The number of hydrogen-bond acceptors (Lipinski definition) is 4. The van der Waals surface area contributed by atoms with E-state index in [1.807, 2.05) is 0 Å². The average Bonchev–Trinajstić information content (AvgIpc) is 2.63. The van der Waals surface area contributed by atoms with Gasteiger partial charge in [0.15, 0.2) is 0 Å². The van der Waals surface area contributed by atoms with Gasteiger partial charge in [-0.05, 0) is 12.1 Å². The highest BCUT2D eigenvalue weighted by Crippen LogP contribution is 2.24. The summed E-state index contributed by atoms with van der Waals surface area (Å²) >= 11 is 0. The van der Waals surface area contributed by atoms with Gasteiger partial charge >= 0.3 is 6.18 Å². The van der Waals surface area contributed by atoms with E-state index in [9.17, 15) is 18.3 Å². The van der Waals surface area contributed by atoms with E-state index in [1.165, 1.54) is 18.2 Å². The van der Waals surface area contributed by atoms with Gasteiger partial charge in [-0.25, -0.2) is 0 Å². The molecule has 2 aromatic rings. The average molecular weight is 244 g/mol. The fourth-order valence-electron chi connectivity index (χ4n) is 1.26. The number of hydrogen-bond donors (Lipinski definition) is 1. The maximum absolute atomic E-state index is 12.0.